The largest absolute Gasteiger partial charge is 0.486 e. The average Bonchev–Trinajstić information content (AvgIpc) is 2.61. The van der Waals surface area contributed by atoms with E-state index in [1.165, 1.54) is 0 Å². The fraction of sp³-hybridized carbons (Fsp3) is 0.316. The zero-order valence-electron chi connectivity index (χ0n) is 13.7. The Morgan fingerprint density at radius 3 is 2.68 bits per heavy atom. The molecule has 25 heavy (non-hydrogen) atoms. The summed E-state index contributed by atoms with van der Waals surface area (Å²) in [6.45, 7) is 1.57. The van der Waals surface area contributed by atoms with Gasteiger partial charge in [-0.2, -0.15) is 0 Å². The van der Waals surface area contributed by atoms with Crippen molar-refractivity contribution in [3.63, 3.8) is 0 Å². The fourth-order valence-electron chi connectivity index (χ4n) is 2.69. The smallest absolute Gasteiger partial charge is 0.220 e. The van der Waals surface area contributed by atoms with Gasteiger partial charge in [-0.1, -0.05) is 41.4 Å². The normalized spacial score (nSPS) is 12.7. The Hall–Kier alpha value is -1.91. The number of benzene rings is 2. The maximum Gasteiger partial charge on any atom is 0.220 e. The summed E-state index contributed by atoms with van der Waals surface area (Å²) in [5, 5.41) is 4.16. The molecule has 0 spiro atoms. The molecule has 0 unspecified atom stereocenters. The average molecular weight is 380 g/mol. The third kappa shape index (κ3) is 4.80. The van der Waals surface area contributed by atoms with Crippen molar-refractivity contribution >= 4 is 29.1 Å². The highest BCUT2D eigenvalue weighted by Crippen LogP contribution is 2.38. The van der Waals surface area contributed by atoms with Crippen molar-refractivity contribution in [2.75, 3.05) is 19.8 Å². The molecule has 0 radical (unpaired) electrons. The number of carbonyl (C=O) groups is 1. The van der Waals surface area contributed by atoms with Crippen LogP contribution >= 0.6 is 23.2 Å². The van der Waals surface area contributed by atoms with E-state index in [1.54, 1.807) is 0 Å². The van der Waals surface area contributed by atoms with Crippen molar-refractivity contribution in [2.24, 2.45) is 0 Å². The number of fused-ring (bicyclic) bond motifs is 1. The van der Waals surface area contributed by atoms with Crippen molar-refractivity contribution < 1.29 is 14.3 Å². The van der Waals surface area contributed by atoms with Crippen LogP contribution in [0.5, 0.6) is 11.5 Å². The second-order valence-electron chi connectivity index (χ2n) is 5.79. The van der Waals surface area contributed by atoms with Crippen LogP contribution in [0.15, 0.2) is 36.4 Å². The van der Waals surface area contributed by atoms with Crippen LogP contribution in [0.25, 0.3) is 0 Å². The van der Waals surface area contributed by atoms with E-state index in [1.807, 2.05) is 36.4 Å². The molecular formula is C19H19Cl2NO3. The third-order valence-corrected chi connectivity index (χ3v) is 4.62. The molecule has 4 nitrogen and oxygen atoms in total. The zero-order chi connectivity index (χ0) is 17.6. The van der Waals surface area contributed by atoms with Crippen LogP contribution in [0.3, 0.4) is 0 Å². The Morgan fingerprint density at radius 1 is 1.04 bits per heavy atom. The van der Waals surface area contributed by atoms with E-state index in [4.69, 9.17) is 32.7 Å². The number of hydrogen-bond donors (Lipinski definition) is 1. The maximum atomic E-state index is 12.0. The highest BCUT2D eigenvalue weighted by molar-refractivity contribution is 6.32. The molecule has 1 aliphatic heterocycles. The number of ether oxygens (including phenoxy) is 2. The summed E-state index contributed by atoms with van der Waals surface area (Å²) >= 11 is 12.3. The second-order valence-corrected chi connectivity index (χ2v) is 6.61. The molecule has 132 valence electrons. The predicted molar refractivity (Wildman–Crippen MR) is 98.9 cm³/mol. The van der Waals surface area contributed by atoms with Gasteiger partial charge in [-0.15, -0.1) is 0 Å². The lowest BCUT2D eigenvalue weighted by Gasteiger charge is -2.20. The molecule has 0 bridgehead atoms. The third-order valence-electron chi connectivity index (χ3n) is 3.97. The fourth-order valence-corrected chi connectivity index (χ4v) is 3.21. The highest BCUT2D eigenvalue weighted by atomic mass is 35.5. The van der Waals surface area contributed by atoms with Gasteiger partial charge in [0, 0.05) is 18.0 Å². The highest BCUT2D eigenvalue weighted by Gasteiger charge is 2.16. The minimum Gasteiger partial charge on any atom is -0.486 e. The molecule has 1 aliphatic rings. The molecule has 0 atom stereocenters. The van der Waals surface area contributed by atoms with Crippen molar-refractivity contribution in [1.82, 2.24) is 5.32 Å². The van der Waals surface area contributed by atoms with Gasteiger partial charge < -0.3 is 14.8 Å². The number of halogens is 2. The number of nitrogens with one attached hydrogen (secondary N) is 1. The Labute approximate surface area is 157 Å². The summed E-state index contributed by atoms with van der Waals surface area (Å²) in [4.78, 5) is 12.0. The van der Waals surface area contributed by atoms with Crippen LogP contribution in [0, 0.1) is 0 Å². The van der Waals surface area contributed by atoms with Crippen LogP contribution in [0.4, 0.5) is 0 Å². The van der Waals surface area contributed by atoms with Gasteiger partial charge in [0.25, 0.3) is 0 Å². The van der Waals surface area contributed by atoms with Crippen molar-refractivity contribution in [1.29, 1.82) is 0 Å². The van der Waals surface area contributed by atoms with Crippen molar-refractivity contribution in [3.05, 3.63) is 57.6 Å². The Balaban J connectivity index is 1.47. The molecule has 0 saturated carbocycles. The van der Waals surface area contributed by atoms with Gasteiger partial charge in [-0.25, -0.2) is 0 Å². The Bertz CT molecular complexity index is 764. The van der Waals surface area contributed by atoms with Crippen LogP contribution in [-0.4, -0.2) is 25.7 Å². The van der Waals surface area contributed by atoms with Crippen LogP contribution in [0.1, 0.15) is 17.5 Å². The lowest BCUT2D eigenvalue weighted by atomic mass is 10.1. The number of carbonyl (C=O) groups excluding carboxylic acids is 1. The molecule has 0 aliphatic carbocycles. The molecule has 0 fully saturated rings. The molecule has 1 heterocycles. The van der Waals surface area contributed by atoms with E-state index in [-0.39, 0.29) is 5.91 Å². The summed E-state index contributed by atoms with van der Waals surface area (Å²) in [7, 11) is 0. The van der Waals surface area contributed by atoms with Crippen molar-refractivity contribution in [3.8, 4) is 11.5 Å². The van der Waals surface area contributed by atoms with E-state index in [9.17, 15) is 4.79 Å². The van der Waals surface area contributed by atoms with Crippen LogP contribution in [0.2, 0.25) is 10.0 Å². The number of amides is 1. The van der Waals surface area contributed by atoms with Gasteiger partial charge in [-0.3, -0.25) is 4.79 Å². The van der Waals surface area contributed by atoms with E-state index in [2.05, 4.69) is 5.32 Å². The lowest BCUT2D eigenvalue weighted by Crippen LogP contribution is -2.26. The Morgan fingerprint density at radius 2 is 1.84 bits per heavy atom. The molecule has 1 N–H and O–H groups in total. The van der Waals surface area contributed by atoms with Crippen LogP contribution < -0.4 is 14.8 Å². The standard InChI is InChI=1S/C19H19Cl2NO3/c20-15-4-2-1-3-14(15)5-6-18(23)22-8-7-13-11-16(21)19-17(12-13)24-9-10-25-19/h1-4,11-12H,5-10H2,(H,22,23). The molecule has 3 rings (SSSR count). The number of hydrogen-bond acceptors (Lipinski definition) is 3. The lowest BCUT2D eigenvalue weighted by molar-refractivity contribution is -0.121. The van der Waals surface area contributed by atoms with E-state index in [0.29, 0.717) is 60.6 Å². The van der Waals surface area contributed by atoms with Gasteiger partial charge in [0.05, 0.1) is 5.02 Å². The monoisotopic (exact) mass is 379 g/mol. The number of aryl methyl sites for hydroxylation is 1. The summed E-state index contributed by atoms with van der Waals surface area (Å²) in [5.74, 6) is 1.27. The van der Waals surface area contributed by atoms with E-state index >= 15 is 0 Å². The molecule has 0 aromatic heterocycles. The second kappa shape index (κ2) is 8.45. The van der Waals surface area contributed by atoms with Gasteiger partial charge in [-0.05, 0) is 42.2 Å². The molecule has 1 amide bonds. The van der Waals surface area contributed by atoms with E-state index < -0.39 is 0 Å². The molecule has 0 saturated heterocycles. The van der Waals surface area contributed by atoms with Crippen LogP contribution in [-0.2, 0) is 17.6 Å². The molecule has 2 aromatic carbocycles. The van der Waals surface area contributed by atoms with Crippen molar-refractivity contribution in [2.45, 2.75) is 19.3 Å². The first-order valence-corrected chi connectivity index (χ1v) is 8.97. The quantitative estimate of drug-likeness (QED) is 0.823. The summed E-state index contributed by atoms with van der Waals surface area (Å²) < 4.78 is 11.1. The van der Waals surface area contributed by atoms with Gasteiger partial charge in [0.2, 0.25) is 5.91 Å². The number of rotatable bonds is 6. The molecule has 6 heteroatoms. The summed E-state index contributed by atoms with van der Waals surface area (Å²) in [6.07, 6.45) is 1.71. The van der Waals surface area contributed by atoms with Gasteiger partial charge in [0.1, 0.15) is 13.2 Å². The van der Waals surface area contributed by atoms with Gasteiger partial charge in [0.15, 0.2) is 11.5 Å². The van der Waals surface area contributed by atoms with E-state index in [0.717, 1.165) is 11.1 Å². The zero-order valence-corrected chi connectivity index (χ0v) is 15.2. The first kappa shape index (κ1) is 17.9. The first-order valence-electron chi connectivity index (χ1n) is 8.21. The first-order chi connectivity index (χ1) is 12.1. The minimum absolute atomic E-state index is 0.00330. The van der Waals surface area contributed by atoms with Gasteiger partial charge >= 0.3 is 0 Å². The summed E-state index contributed by atoms with van der Waals surface area (Å²) in [5.41, 5.74) is 1.98. The minimum atomic E-state index is 0.00330. The molecular weight excluding hydrogens is 361 g/mol. The predicted octanol–water partition coefficient (Wildman–Crippen LogP) is 4.06. The Kier molecular flexibility index (Phi) is 6.05. The maximum absolute atomic E-state index is 12.0. The SMILES string of the molecule is O=C(CCc1ccccc1Cl)NCCc1cc(Cl)c2c(c1)OCCO2. The topological polar surface area (TPSA) is 47.6 Å². The molecule has 2 aromatic rings. The summed E-state index contributed by atoms with van der Waals surface area (Å²) in [6, 6.07) is 11.3.